The van der Waals surface area contributed by atoms with Crippen LogP contribution in [0.1, 0.15) is 75.8 Å². The van der Waals surface area contributed by atoms with Crippen LogP contribution in [-0.4, -0.2) is 35.5 Å². The van der Waals surface area contributed by atoms with Gasteiger partial charge in [-0.05, 0) is 99.7 Å². The van der Waals surface area contributed by atoms with Gasteiger partial charge in [-0.1, -0.05) is 42.7 Å². The molecule has 0 amide bonds. The Morgan fingerprint density at radius 3 is 2.58 bits per heavy atom. The molecule has 0 spiro atoms. The van der Waals surface area contributed by atoms with Gasteiger partial charge in [0.2, 0.25) is 0 Å². The summed E-state index contributed by atoms with van der Waals surface area (Å²) in [6.45, 7) is 5.09. The van der Waals surface area contributed by atoms with E-state index >= 15 is 0 Å². The fourth-order valence-electron chi connectivity index (χ4n) is 7.60. The molecule has 0 unspecified atom stereocenters. The number of aliphatic hydroxyl groups is 1. The number of allylic oxidation sites excluding steroid dienone is 4. The van der Waals surface area contributed by atoms with Crippen LogP contribution in [0.5, 0.6) is 0 Å². The number of ketones is 1. The molecule has 4 aliphatic rings. The Bertz CT molecular complexity index is 1080. The van der Waals surface area contributed by atoms with Gasteiger partial charge >= 0.3 is 0 Å². The standard InChI is InChI=1S/C30H37NO2/c1-5-15-30(33)16-14-27-25-12-10-22-17-23(32)11-13-24(22)28(25)26(18-29(27,30)2)21-8-6-20(7-9-21)19-31(3)4/h6-9,17,25-27,33H,10-14,16,18-19H2,1-4H3/t25-,26+,27-,29-,30-/m0/s1. The van der Waals surface area contributed by atoms with Crippen LogP contribution < -0.4 is 0 Å². The number of rotatable bonds is 3. The molecule has 0 bridgehead atoms. The largest absolute Gasteiger partial charge is 0.377 e. The lowest BCUT2D eigenvalue weighted by Crippen LogP contribution is -2.51. The zero-order valence-corrected chi connectivity index (χ0v) is 20.6. The number of hydrogen-bond donors (Lipinski definition) is 1. The number of carbonyl (C=O) groups excluding carboxylic acids is 1. The minimum Gasteiger partial charge on any atom is -0.377 e. The van der Waals surface area contributed by atoms with Gasteiger partial charge in [0, 0.05) is 24.3 Å². The second-order valence-electron chi connectivity index (χ2n) is 11.2. The van der Waals surface area contributed by atoms with Crippen molar-refractivity contribution in [3.05, 3.63) is 58.2 Å². The zero-order chi connectivity index (χ0) is 23.4. The highest BCUT2D eigenvalue weighted by Gasteiger charge is 2.62. The minimum atomic E-state index is -0.912. The molecule has 0 radical (unpaired) electrons. The summed E-state index contributed by atoms with van der Waals surface area (Å²) in [5, 5.41) is 11.8. The van der Waals surface area contributed by atoms with Crippen LogP contribution in [-0.2, 0) is 11.3 Å². The lowest BCUT2D eigenvalue weighted by molar-refractivity contribution is -0.114. The van der Waals surface area contributed by atoms with Gasteiger partial charge in [0.25, 0.3) is 0 Å². The van der Waals surface area contributed by atoms with E-state index in [0.29, 0.717) is 18.3 Å². The SMILES string of the molecule is CC#C[C@]1(O)CC[C@H]2[C@@H]3CCC4=CC(=O)CCC4=C3[C@@H](c3ccc(CN(C)C)cc3)C[C@@]21C. The number of hydrogen-bond acceptors (Lipinski definition) is 3. The summed E-state index contributed by atoms with van der Waals surface area (Å²) in [6.07, 6.45) is 8.26. The summed E-state index contributed by atoms with van der Waals surface area (Å²) >= 11 is 0. The highest BCUT2D eigenvalue weighted by atomic mass is 16.3. The summed E-state index contributed by atoms with van der Waals surface area (Å²) in [4.78, 5) is 14.4. The van der Waals surface area contributed by atoms with Crippen LogP contribution in [0.3, 0.4) is 0 Å². The van der Waals surface area contributed by atoms with E-state index in [1.165, 1.54) is 22.3 Å². The summed E-state index contributed by atoms with van der Waals surface area (Å²) in [5.74, 6) is 7.79. The lowest BCUT2D eigenvalue weighted by atomic mass is 9.51. The van der Waals surface area contributed by atoms with E-state index < -0.39 is 5.60 Å². The van der Waals surface area contributed by atoms with Crippen molar-refractivity contribution in [1.82, 2.24) is 4.90 Å². The fraction of sp³-hybridized carbons (Fsp3) is 0.567. The molecule has 3 nitrogen and oxygen atoms in total. The predicted molar refractivity (Wildman–Crippen MR) is 132 cm³/mol. The normalized spacial score (nSPS) is 35.4. The van der Waals surface area contributed by atoms with Crippen molar-refractivity contribution in [3.8, 4) is 11.8 Å². The smallest absolute Gasteiger partial charge is 0.156 e. The van der Waals surface area contributed by atoms with Crippen LogP contribution in [0.25, 0.3) is 0 Å². The first kappa shape index (κ1) is 22.6. The van der Waals surface area contributed by atoms with E-state index in [1.807, 2.05) is 13.0 Å². The quantitative estimate of drug-likeness (QED) is 0.636. The summed E-state index contributed by atoms with van der Waals surface area (Å²) in [5.41, 5.74) is 5.87. The number of benzene rings is 1. The van der Waals surface area contributed by atoms with E-state index in [-0.39, 0.29) is 17.1 Å². The molecule has 0 aromatic heterocycles. The third-order valence-electron chi connectivity index (χ3n) is 9.10. The van der Waals surface area contributed by atoms with Crippen molar-refractivity contribution in [1.29, 1.82) is 0 Å². The van der Waals surface area contributed by atoms with Crippen LogP contribution in [0.2, 0.25) is 0 Å². The van der Waals surface area contributed by atoms with Gasteiger partial charge in [0.1, 0.15) is 5.60 Å². The van der Waals surface area contributed by atoms with E-state index in [0.717, 1.165) is 45.1 Å². The van der Waals surface area contributed by atoms with Gasteiger partial charge in [-0.15, -0.1) is 5.92 Å². The summed E-state index contributed by atoms with van der Waals surface area (Å²) < 4.78 is 0. The molecule has 3 heteroatoms. The molecule has 1 aromatic rings. The maximum Gasteiger partial charge on any atom is 0.156 e. The molecule has 2 saturated carbocycles. The maximum atomic E-state index is 12.2. The molecule has 4 aliphatic carbocycles. The lowest BCUT2D eigenvalue weighted by Gasteiger charge is -2.53. The second kappa shape index (κ2) is 8.26. The summed E-state index contributed by atoms with van der Waals surface area (Å²) in [6, 6.07) is 9.15. The third-order valence-corrected chi connectivity index (χ3v) is 9.10. The maximum absolute atomic E-state index is 12.2. The fourth-order valence-corrected chi connectivity index (χ4v) is 7.60. The molecule has 1 N–H and O–H groups in total. The first-order valence-electron chi connectivity index (χ1n) is 12.6. The van der Waals surface area contributed by atoms with E-state index in [2.05, 4.69) is 62.0 Å². The Balaban J connectivity index is 1.63. The number of carbonyl (C=O) groups is 1. The van der Waals surface area contributed by atoms with Crippen molar-refractivity contribution < 1.29 is 9.90 Å². The predicted octanol–water partition coefficient (Wildman–Crippen LogP) is 5.40. The first-order valence-corrected chi connectivity index (χ1v) is 12.6. The monoisotopic (exact) mass is 443 g/mol. The Morgan fingerprint density at radius 2 is 1.88 bits per heavy atom. The second-order valence-corrected chi connectivity index (χ2v) is 11.2. The van der Waals surface area contributed by atoms with E-state index in [9.17, 15) is 9.90 Å². The third kappa shape index (κ3) is 3.63. The highest BCUT2D eigenvalue weighted by Crippen LogP contribution is 2.66. The van der Waals surface area contributed by atoms with Crippen LogP contribution in [0, 0.1) is 29.1 Å². The van der Waals surface area contributed by atoms with E-state index in [1.54, 1.807) is 5.57 Å². The number of nitrogens with zero attached hydrogens (tertiary/aromatic N) is 1. The van der Waals surface area contributed by atoms with E-state index in [4.69, 9.17) is 0 Å². The molecular formula is C30H37NO2. The van der Waals surface area contributed by atoms with Crippen molar-refractivity contribution >= 4 is 5.78 Å². The topological polar surface area (TPSA) is 40.5 Å². The zero-order valence-electron chi connectivity index (χ0n) is 20.6. The Labute approximate surface area is 199 Å². The highest BCUT2D eigenvalue weighted by molar-refractivity contribution is 5.93. The molecule has 33 heavy (non-hydrogen) atoms. The van der Waals surface area contributed by atoms with Crippen molar-refractivity contribution in [2.45, 2.75) is 76.9 Å². The molecule has 0 saturated heterocycles. The Morgan fingerprint density at radius 1 is 1.12 bits per heavy atom. The number of fused-ring (bicyclic) bond motifs is 4. The molecule has 0 aliphatic heterocycles. The van der Waals surface area contributed by atoms with Crippen molar-refractivity contribution in [2.75, 3.05) is 14.1 Å². The van der Waals surface area contributed by atoms with Gasteiger partial charge in [-0.2, -0.15) is 0 Å². The molecule has 5 rings (SSSR count). The van der Waals surface area contributed by atoms with Gasteiger partial charge in [0.05, 0.1) is 0 Å². The van der Waals surface area contributed by atoms with Crippen LogP contribution in [0.15, 0.2) is 47.1 Å². The molecule has 0 heterocycles. The average molecular weight is 444 g/mol. The minimum absolute atomic E-state index is 0.219. The van der Waals surface area contributed by atoms with Gasteiger partial charge in [-0.3, -0.25) is 4.79 Å². The van der Waals surface area contributed by atoms with Crippen molar-refractivity contribution in [3.63, 3.8) is 0 Å². The Kier molecular flexibility index (Phi) is 5.66. The average Bonchev–Trinajstić information content (AvgIpc) is 3.03. The Hall–Kier alpha value is -2.15. The molecular weight excluding hydrogens is 406 g/mol. The molecule has 5 atom stereocenters. The summed E-state index contributed by atoms with van der Waals surface area (Å²) in [7, 11) is 4.20. The van der Waals surface area contributed by atoms with Gasteiger partial charge in [-0.25, -0.2) is 0 Å². The van der Waals surface area contributed by atoms with Crippen molar-refractivity contribution in [2.24, 2.45) is 17.3 Å². The molecule has 174 valence electrons. The van der Waals surface area contributed by atoms with Gasteiger partial charge < -0.3 is 10.0 Å². The first-order chi connectivity index (χ1) is 15.8. The van der Waals surface area contributed by atoms with Crippen LogP contribution >= 0.6 is 0 Å². The molecule has 2 fully saturated rings. The van der Waals surface area contributed by atoms with Crippen LogP contribution in [0.4, 0.5) is 0 Å². The van der Waals surface area contributed by atoms with Gasteiger partial charge in [0.15, 0.2) is 5.78 Å². The molecule has 1 aromatic carbocycles.